The number of methoxy groups -OCH3 is 1. The van der Waals surface area contributed by atoms with E-state index in [2.05, 4.69) is 9.97 Å². The van der Waals surface area contributed by atoms with Crippen LogP contribution in [0.15, 0.2) is 12.4 Å². The van der Waals surface area contributed by atoms with Gasteiger partial charge in [-0.25, -0.2) is 4.98 Å². The normalized spacial score (nSPS) is 11.3. The van der Waals surface area contributed by atoms with Gasteiger partial charge in [0.15, 0.2) is 0 Å². The molecule has 0 saturated heterocycles. The molecule has 0 aliphatic rings. The standard InChI is InChI=1S/C8H14N3O/c1-11(2,3)7-5-8(12-4)10-6-9-7/h5-6H,1-4H3/q+1. The van der Waals surface area contributed by atoms with Gasteiger partial charge in [0, 0.05) is 0 Å². The number of quaternary nitrogens is 1. The predicted octanol–water partition coefficient (Wildman–Crippen LogP) is 0.682. The Hall–Kier alpha value is -1.16. The van der Waals surface area contributed by atoms with E-state index in [-0.39, 0.29) is 0 Å². The van der Waals surface area contributed by atoms with Gasteiger partial charge < -0.3 is 4.74 Å². The Morgan fingerprint density at radius 2 is 1.92 bits per heavy atom. The van der Waals surface area contributed by atoms with Crippen LogP contribution in [-0.4, -0.2) is 38.2 Å². The van der Waals surface area contributed by atoms with E-state index < -0.39 is 0 Å². The number of rotatable bonds is 2. The van der Waals surface area contributed by atoms with Crippen molar-refractivity contribution in [3.05, 3.63) is 12.4 Å². The molecular formula is C8H14N3O+. The lowest BCUT2D eigenvalue weighted by Gasteiger charge is -2.21. The number of hydrogen-bond acceptors (Lipinski definition) is 3. The highest BCUT2D eigenvalue weighted by molar-refractivity contribution is 5.34. The Kier molecular flexibility index (Phi) is 2.28. The number of hydrogen-bond donors (Lipinski definition) is 0. The summed E-state index contributed by atoms with van der Waals surface area (Å²) in [7, 11) is 7.73. The first kappa shape index (κ1) is 8.93. The molecule has 1 heterocycles. The Balaban J connectivity index is 3.02. The van der Waals surface area contributed by atoms with Crippen LogP contribution < -0.4 is 9.22 Å². The first-order valence-electron chi connectivity index (χ1n) is 3.72. The van der Waals surface area contributed by atoms with Crippen LogP contribution >= 0.6 is 0 Å². The average molecular weight is 168 g/mol. The van der Waals surface area contributed by atoms with Crippen molar-refractivity contribution in [1.29, 1.82) is 0 Å². The van der Waals surface area contributed by atoms with Crippen molar-refractivity contribution in [2.24, 2.45) is 0 Å². The Morgan fingerprint density at radius 3 is 2.42 bits per heavy atom. The van der Waals surface area contributed by atoms with E-state index in [1.165, 1.54) is 6.33 Å². The molecule has 0 saturated carbocycles. The van der Waals surface area contributed by atoms with E-state index in [4.69, 9.17) is 4.74 Å². The third-order valence-electron chi connectivity index (χ3n) is 1.52. The summed E-state index contributed by atoms with van der Waals surface area (Å²) in [5, 5.41) is 0. The molecule has 66 valence electrons. The Labute approximate surface area is 72.4 Å². The molecular weight excluding hydrogens is 154 g/mol. The third kappa shape index (κ3) is 1.92. The largest absolute Gasteiger partial charge is 0.481 e. The van der Waals surface area contributed by atoms with Crippen molar-refractivity contribution in [1.82, 2.24) is 14.5 Å². The van der Waals surface area contributed by atoms with Crippen molar-refractivity contribution in [2.75, 3.05) is 28.3 Å². The van der Waals surface area contributed by atoms with Crippen LogP contribution in [-0.2, 0) is 0 Å². The monoisotopic (exact) mass is 168 g/mol. The molecule has 0 aliphatic carbocycles. The molecule has 1 aromatic heterocycles. The van der Waals surface area contributed by atoms with Gasteiger partial charge in [-0.2, -0.15) is 4.98 Å². The van der Waals surface area contributed by atoms with Crippen LogP contribution in [0.3, 0.4) is 0 Å². The van der Waals surface area contributed by atoms with Gasteiger partial charge >= 0.3 is 0 Å². The summed E-state index contributed by atoms with van der Waals surface area (Å²) in [5.41, 5.74) is 0. The lowest BCUT2D eigenvalue weighted by molar-refractivity contribution is 0.391. The molecule has 1 rings (SSSR count). The van der Waals surface area contributed by atoms with Gasteiger partial charge in [0.1, 0.15) is 6.33 Å². The quantitative estimate of drug-likeness (QED) is 0.609. The van der Waals surface area contributed by atoms with Crippen LogP contribution in [0.1, 0.15) is 0 Å². The molecule has 0 aromatic carbocycles. The molecule has 0 N–H and O–H groups in total. The van der Waals surface area contributed by atoms with Crippen LogP contribution in [0.25, 0.3) is 0 Å². The second-order valence-electron chi connectivity index (χ2n) is 3.43. The second kappa shape index (κ2) is 3.06. The van der Waals surface area contributed by atoms with Crippen molar-refractivity contribution in [2.45, 2.75) is 0 Å². The molecule has 0 fully saturated rings. The van der Waals surface area contributed by atoms with Crippen molar-refractivity contribution >= 4 is 5.82 Å². The summed E-state index contributed by atoms with van der Waals surface area (Å²) < 4.78 is 5.65. The second-order valence-corrected chi connectivity index (χ2v) is 3.43. The SMILES string of the molecule is COc1cc([N+](C)(C)C)ncn1. The molecule has 4 nitrogen and oxygen atoms in total. The maximum Gasteiger partial charge on any atom is 0.233 e. The van der Waals surface area contributed by atoms with E-state index in [1.54, 1.807) is 7.11 Å². The molecule has 0 bridgehead atoms. The minimum atomic E-state index is 0.605. The highest BCUT2D eigenvalue weighted by Crippen LogP contribution is 2.16. The molecule has 12 heavy (non-hydrogen) atoms. The van der Waals surface area contributed by atoms with Gasteiger partial charge in [0.05, 0.1) is 34.3 Å². The van der Waals surface area contributed by atoms with E-state index in [9.17, 15) is 0 Å². The number of ether oxygens (including phenoxy) is 1. The van der Waals surface area contributed by atoms with Crippen molar-refractivity contribution < 1.29 is 4.74 Å². The van der Waals surface area contributed by atoms with Gasteiger partial charge in [-0.05, 0) is 0 Å². The molecule has 0 radical (unpaired) electrons. The van der Waals surface area contributed by atoms with Crippen molar-refractivity contribution in [3.63, 3.8) is 0 Å². The topological polar surface area (TPSA) is 35.0 Å². The summed E-state index contributed by atoms with van der Waals surface area (Å²) in [6.45, 7) is 0. The smallest absolute Gasteiger partial charge is 0.233 e. The fourth-order valence-electron chi connectivity index (χ4n) is 0.808. The van der Waals surface area contributed by atoms with Crippen LogP contribution in [0.4, 0.5) is 5.82 Å². The van der Waals surface area contributed by atoms with Crippen LogP contribution in [0, 0.1) is 0 Å². The molecule has 0 aliphatic heterocycles. The zero-order valence-corrected chi connectivity index (χ0v) is 7.90. The third-order valence-corrected chi connectivity index (χ3v) is 1.52. The summed E-state index contributed by atoms with van der Waals surface area (Å²) in [4.78, 5) is 8.07. The van der Waals surface area contributed by atoms with Gasteiger partial charge in [-0.3, -0.25) is 4.48 Å². The number of aromatic nitrogens is 2. The van der Waals surface area contributed by atoms with Gasteiger partial charge in [-0.15, -0.1) is 0 Å². The van der Waals surface area contributed by atoms with Crippen LogP contribution in [0.2, 0.25) is 0 Å². The van der Waals surface area contributed by atoms with Gasteiger partial charge in [-0.1, -0.05) is 0 Å². The maximum atomic E-state index is 4.99. The Bertz CT molecular complexity index is 267. The summed E-state index contributed by atoms with van der Waals surface area (Å²) in [6.07, 6.45) is 1.51. The molecule has 4 heteroatoms. The van der Waals surface area contributed by atoms with E-state index in [0.29, 0.717) is 10.4 Å². The molecule has 1 aromatic rings. The Morgan fingerprint density at radius 1 is 1.25 bits per heavy atom. The summed E-state index contributed by atoms with van der Waals surface area (Å²) in [6, 6.07) is 1.83. The van der Waals surface area contributed by atoms with Crippen molar-refractivity contribution in [3.8, 4) is 5.88 Å². The molecule has 0 unspecified atom stereocenters. The van der Waals surface area contributed by atoms with Gasteiger partial charge in [0.25, 0.3) is 0 Å². The van der Waals surface area contributed by atoms with E-state index >= 15 is 0 Å². The fourth-order valence-corrected chi connectivity index (χ4v) is 0.808. The van der Waals surface area contributed by atoms with E-state index in [1.807, 2.05) is 27.2 Å². The number of nitrogens with zero attached hydrogens (tertiary/aromatic N) is 3. The molecule has 0 amide bonds. The molecule has 0 atom stereocenters. The molecule has 0 spiro atoms. The zero-order valence-electron chi connectivity index (χ0n) is 7.90. The minimum Gasteiger partial charge on any atom is -0.481 e. The lowest BCUT2D eigenvalue weighted by Crippen LogP contribution is -2.35. The predicted molar refractivity (Wildman–Crippen MR) is 48.2 cm³/mol. The first-order valence-corrected chi connectivity index (χ1v) is 3.72. The lowest BCUT2D eigenvalue weighted by atomic mass is 10.5. The highest BCUT2D eigenvalue weighted by Gasteiger charge is 2.14. The minimum absolute atomic E-state index is 0.605. The highest BCUT2D eigenvalue weighted by atomic mass is 16.5. The van der Waals surface area contributed by atoms with E-state index in [0.717, 1.165) is 5.82 Å². The van der Waals surface area contributed by atoms with Gasteiger partial charge in [0.2, 0.25) is 11.7 Å². The first-order chi connectivity index (χ1) is 5.54. The maximum absolute atomic E-state index is 4.99. The summed E-state index contributed by atoms with van der Waals surface area (Å²) in [5.74, 6) is 1.54. The summed E-state index contributed by atoms with van der Waals surface area (Å²) >= 11 is 0. The fraction of sp³-hybridized carbons (Fsp3) is 0.500. The zero-order chi connectivity index (χ0) is 9.19. The van der Waals surface area contributed by atoms with Crippen LogP contribution in [0.5, 0.6) is 5.88 Å². The average Bonchev–Trinajstić information content (AvgIpc) is 2.03.